The first kappa shape index (κ1) is 21.8. The zero-order valence-electron chi connectivity index (χ0n) is 18.5. The summed E-state index contributed by atoms with van der Waals surface area (Å²) in [6.07, 6.45) is 1.73. The summed E-state index contributed by atoms with van der Waals surface area (Å²) in [7, 11) is 0. The predicted octanol–water partition coefficient (Wildman–Crippen LogP) is 4.60. The minimum Gasteiger partial charge on any atom is -0.423 e. The summed E-state index contributed by atoms with van der Waals surface area (Å²) in [5, 5.41) is 6.50. The van der Waals surface area contributed by atoms with Gasteiger partial charge >= 0.3 is 5.97 Å². The van der Waals surface area contributed by atoms with Crippen LogP contribution < -0.4 is 15.4 Å². The summed E-state index contributed by atoms with van der Waals surface area (Å²) >= 11 is 0. The fourth-order valence-corrected chi connectivity index (χ4v) is 4.06. The van der Waals surface area contributed by atoms with E-state index in [0.29, 0.717) is 30.0 Å². The van der Waals surface area contributed by atoms with E-state index in [0.717, 1.165) is 29.5 Å². The predicted molar refractivity (Wildman–Crippen MR) is 125 cm³/mol. The second-order valence-electron chi connectivity index (χ2n) is 7.97. The van der Waals surface area contributed by atoms with Crippen molar-refractivity contribution in [2.45, 2.75) is 39.3 Å². The van der Waals surface area contributed by atoms with Gasteiger partial charge in [-0.2, -0.15) is 0 Å². The maximum atomic E-state index is 12.9. The van der Waals surface area contributed by atoms with Crippen LogP contribution in [0.25, 0.3) is 0 Å². The van der Waals surface area contributed by atoms with Crippen LogP contribution >= 0.6 is 0 Å². The van der Waals surface area contributed by atoms with Crippen LogP contribution in [0.3, 0.4) is 0 Å². The van der Waals surface area contributed by atoms with E-state index in [1.165, 1.54) is 5.56 Å². The minimum absolute atomic E-state index is 0.0758. The van der Waals surface area contributed by atoms with Gasteiger partial charge in [-0.15, -0.1) is 0 Å². The number of benzene rings is 3. The van der Waals surface area contributed by atoms with Crippen LogP contribution in [0.15, 0.2) is 66.7 Å². The lowest BCUT2D eigenvalue weighted by Crippen LogP contribution is -2.39. The Morgan fingerprint density at radius 2 is 1.78 bits per heavy atom. The van der Waals surface area contributed by atoms with Gasteiger partial charge in [0.1, 0.15) is 5.75 Å². The van der Waals surface area contributed by atoms with Crippen molar-refractivity contribution in [2.75, 3.05) is 6.54 Å². The SMILES string of the molecule is CCc1ccc(C(=O)Oc2ccc3c(c2)CNCC3NC(=O)c2ccccc2CC)cc1. The summed E-state index contributed by atoms with van der Waals surface area (Å²) < 4.78 is 5.60. The first-order chi connectivity index (χ1) is 15.6. The highest BCUT2D eigenvalue weighted by Crippen LogP contribution is 2.27. The Hall–Kier alpha value is -3.44. The van der Waals surface area contributed by atoms with Crippen LogP contribution in [0.5, 0.6) is 5.75 Å². The van der Waals surface area contributed by atoms with Crippen molar-refractivity contribution in [3.63, 3.8) is 0 Å². The highest BCUT2D eigenvalue weighted by molar-refractivity contribution is 5.96. The highest BCUT2D eigenvalue weighted by Gasteiger charge is 2.23. The molecule has 5 nitrogen and oxygen atoms in total. The van der Waals surface area contributed by atoms with Crippen molar-refractivity contribution >= 4 is 11.9 Å². The first-order valence-corrected chi connectivity index (χ1v) is 11.1. The molecule has 1 atom stereocenters. The number of hydrogen-bond donors (Lipinski definition) is 2. The number of ether oxygens (including phenoxy) is 1. The number of hydrogen-bond acceptors (Lipinski definition) is 4. The van der Waals surface area contributed by atoms with E-state index in [1.54, 1.807) is 18.2 Å². The Bertz CT molecular complexity index is 1120. The molecule has 2 N–H and O–H groups in total. The van der Waals surface area contributed by atoms with E-state index in [9.17, 15) is 9.59 Å². The van der Waals surface area contributed by atoms with Crippen LogP contribution in [-0.2, 0) is 19.4 Å². The topological polar surface area (TPSA) is 67.4 Å². The zero-order chi connectivity index (χ0) is 22.5. The van der Waals surface area contributed by atoms with Gasteiger partial charge in [-0.05, 0) is 65.4 Å². The van der Waals surface area contributed by atoms with Crippen molar-refractivity contribution in [3.05, 3.63) is 100 Å². The normalized spacial score (nSPS) is 15.0. The molecule has 4 rings (SSSR count). The Morgan fingerprint density at radius 1 is 1.00 bits per heavy atom. The second kappa shape index (κ2) is 9.79. The molecule has 0 fully saturated rings. The minimum atomic E-state index is -0.377. The van der Waals surface area contributed by atoms with Gasteiger partial charge in [0.2, 0.25) is 0 Å². The number of carbonyl (C=O) groups excluding carboxylic acids is 2. The van der Waals surface area contributed by atoms with Gasteiger partial charge in [0.15, 0.2) is 0 Å². The lowest BCUT2D eigenvalue weighted by atomic mass is 9.95. The number of amides is 1. The number of rotatable bonds is 6. The lowest BCUT2D eigenvalue weighted by Gasteiger charge is -2.28. The number of carbonyl (C=O) groups is 2. The molecule has 1 amide bonds. The van der Waals surface area contributed by atoms with Gasteiger partial charge in [-0.3, -0.25) is 4.79 Å². The van der Waals surface area contributed by atoms with Crippen molar-refractivity contribution in [2.24, 2.45) is 0 Å². The molecular weight excluding hydrogens is 400 g/mol. The van der Waals surface area contributed by atoms with Gasteiger partial charge in [-0.1, -0.05) is 50.2 Å². The molecule has 0 bridgehead atoms. The van der Waals surface area contributed by atoms with Crippen LogP contribution in [-0.4, -0.2) is 18.4 Å². The molecule has 32 heavy (non-hydrogen) atoms. The first-order valence-electron chi connectivity index (χ1n) is 11.1. The molecule has 0 aliphatic carbocycles. The van der Waals surface area contributed by atoms with Crippen molar-refractivity contribution in [1.82, 2.24) is 10.6 Å². The summed E-state index contributed by atoms with van der Waals surface area (Å²) in [6, 6.07) is 20.6. The number of esters is 1. The molecule has 1 aliphatic heterocycles. The molecule has 0 saturated carbocycles. The molecule has 1 aliphatic rings. The third-order valence-electron chi connectivity index (χ3n) is 5.91. The summed E-state index contributed by atoms with van der Waals surface area (Å²) in [5.74, 6) is 0.0453. The number of fused-ring (bicyclic) bond motifs is 1. The molecule has 0 spiro atoms. The molecule has 164 valence electrons. The quantitative estimate of drug-likeness (QED) is 0.445. The van der Waals surface area contributed by atoms with Gasteiger partial charge in [0, 0.05) is 18.7 Å². The molecular formula is C27H28N2O3. The van der Waals surface area contributed by atoms with E-state index in [1.807, 2.05) is 55.5 Å². The average Bonchev–Trinajstić information content (AvgIpc) is 2.84. The standard InChI is InChI=1S/C27H28N2O3/c1-3-18-9-11-20(12-10-18)27(31)32-22-13-14-23-21(15-22)16-28-17-25(23)29-26(30)24-8-6-5-7-19(24)4-2/h5-15,25,28H,3-4,16-17H2,1-2H3,(H,29,30). The summed E-state index contributed by atoms with van der Waals surface area (Å²) in [4.78, 5) is 25.4. The van der Waals surface area contributed by atoms with Crippen LogP contribution in [0.2, 0.25) is 0 Å². The van der Waals surface area contributed by atoms with E-state index < -0.39 is 0 Å². The third-order valence-corrected chi connectivity index (χ3v) is 5.91. The maximum absolute atomic E-state index is 12.9. The molecule has 3 aromatic rings. The van der Waals surface area contributed by atoms with Crippen LogP contribution in [0.1, 0.15) is 62.9 Å². The third kappa shape index (κ3) is 4.73. The Morgan fingerprint density at radius 3 is 2.53 bits per heavy atom. The molecule has 0 aromatic heterocycles. The van der Waals surface area contributed by atoms with Crippen molar-refractivity contribution < 1.29 is 14.3 Å². The van der Waals surface area contributed by atoms with E-state index in [-0.39, 0.29) is 17.9 Å². The molecule has 0 saturated heterocycles. The fourth-order valence-electron chi connectivity index (χ4n) is 4.06. The van der Waals surface area contributed by atoms with Gasteiger partial charge in [0.25, 0.3) is 5.91 Å². The zero-order valence-corrected chi connectivity index (χ0v) is 18.5. The molecule has 0 radical (unpaired) electrons. The molecule has 1 heterocycles. The van der Waals surface area contributed by atoms with Gasteiger partial charge < -0.3 is 15.4 Å². The van der Waals surface area contributed by atoms with Gasteiger partial charge in [-0.25, -0.2) is 4.79 Å². The van der Waals surface area contributed by atoms with E-state index in [2.05, 4.69) is 17.6 Å². The number of nitrogens with one attached hydrogen (secondary N) is 2. The Balaban J connectivity index is 1.48. The number of aryl methyl sites for hydroxylation is 2. The Kier molecular flexibility index (Phi) is 6.66. The summed E-state index contributed by atoms with van der Waals surface area (Å²) in [5.41, 5.74) is 5.49. The van der Waals surface area contributed by atoms with E-state index >= 15 is 0 Å². The molecule has 5 heteroatoms. The lowest BCUT2D eigenvalue weighted by molar-refractivity contribution is 0.0734. The average molecular weight is 429 g/mol. The fraction of sp³-hybridized carbons (Fsp3) is 0.259. The smallest absolute Gasteiger partial charge is 0.343 e. The second-order valence-corrected chi connectivity index (χ2v) is 7.97. The van der Waals surface area contributed by atoms with Crippen molar-refractivity contribution in [1.29, 1.82) is 0 Å². The summed E-state index contributed by atoms with van der Waals surface area (Å²) in [6.45, 7) is 5.43. The molecule has 1 unspecified atom stereocenters. The van der Waals surface area contributed by atoms with Crippen LogP contribution in [0.4, 0.5) is 0 Å². The monoisotopic (exact) mass is 428 g/mol. The maximum Gasteiger partial charge on any atom is 0.343 e. The van der Waals surface area contributed by atoms with E-state index in [4.69, 9.17) is 4.74 Å². The molecule has 3 aromatic carbocycles. The largest absolute Gasteiger partial charge is 0.423 e. The van der Waals surface area contributed by atoms with Crippen molar-refractivity contribution in [3.8, 4) is 5.75 Å². The Labute approximate surface area is 188 Å². The van der Waals surface area contributed by atoms with Crippen LogP contribution in [0, 0.1) is 0 Å². The van der Waals surface area contributed by atoms with Gasteiger partial charge in [0.05, 0.1) is 11.6 Å². The highest BCUT2D eigenvalue weighted by atomic mass is 16.5.